The molecule has 0 aromatic carbocycles. The third kappa shape index (κ3) is 2.78. The average Bonchev–Trinajstić information content (AvgIpc) is 2.53. The summed E-state index contributed by atoms with van der Waals surface area (Å²) in [6, 6.07) is 0.510. The molecule has 1 amide bonds. The summed E-state index contributed by atoms with van der Waals surface area (Å²) in [5.74, 6) is 2.84. The van der Waals surface area contributed by atoms with Gasteiger partial charge < -0.3 is 5.32 Å². The third-order valence-corrected chi connectivity index (χ3v) is 3.69. The summed E-state index contributed by atoms with van der Waals surface area (Å²) < 4.78 is 0. The fourth-order valence-corrected chi connectivity index (χ4v) is 2.83. The molecular formula is C9H17ClN2OS. The van der Waals surface area contributed by atoms with Crippen LogP contribution in [0.3, 0.4) is 0 Å². The van der Waals surface area contributed by atoms with Gasteiger partial charge in [-0.05, 0) is 18.8 Å². The van der Waals surface area contributed by atoms with Crippen molar-refractivity contribution in [1.29, 1.82) is 0 Å². The molecule has 2 fully saturated rings. The van der Waals surface area contributed by atoms with Gasteiger partial charge in [0.25, 0.3) is 0 Å². The number of hydrogen-bond acceptors (Lipinski definition) is 3. The molecule has 1 heterocycles. The zero-order valence-electron chi connectivity index (χ0n) is 8.29. The summed E-state index contributed by atoms with van der Waals surface area (Å²) >= 11 is 1.79. The molecule has 0 bridgehead atoms. The summed E-state index contributed by atoms with van der Waals surface area (Å²) in [5.41, 5.74) is 0. The molecule has 0 spiro atoms. The van der Waals surface area contributed by atoms with Gasteiger partial charge in [0, 0.05) is 17.7 Å². The lowest BCUT2D eigenvalue weighted by atomic mass is 9.82. The number of halogens is 1. The molecular weight excluding hydrogens is 220 g/mol. The van der Waals surface area contributed by atoms with E-state index in [1.54, 1.807) is 11.8 Å². The van der Waals surface area contributed by atoms with Gasteiger partial charge in [0.2, 0.25) is 5.91 Å². The maximum atomic E-state index is 11.6. The van der Waals surface area contributed by atoms with Gasteiger partial charge in [0.1, 0.15) is 0 Å². The van der Waals surface area contributed by atoms with Crippen LogP contribution in [0.25, 0.3) is 0 Å². The standard InChI is InChI=1S/C9H16N2OS.ClH/c1-6-2-7(3-6)11-9(12)8-4-13-5-10-8;/h6-8,10H,2-5H2,1H3,(H,11,12);1H/t6?,7?,8-;/m1./s1. The molecule has 5 heteroatoms. The molecule has 0 aromatic rings. The highest BCUT2D eigenvalue weighted by molar-refractivity contribution is 7.99. The predicted octanol–water partition coefficient (Wildman–Crippen LogP) is 0.985. The molecule has 2 aliphatic rings. The number of nitrogens with one attached hydrogen (secondary N) is 2. The van der Waals surface area contributed by atoms with E-state index in [0.29, 0.717) is 6.04 Å². The molecule has 1 aliphatic heterocycles. The van der Waals surface area contributed by atoms with Crippen LogP contribution in [0.5, 0.6) is 0 Å². The van der Waals surface area contributed by atoms with E-state index in [-0.39, 0.29) is 24.4 Å². The van der Waals surface area contributed by atoms with E-state index < -0.39 is 0 Å². The molecule has 1 atom stereocenters. The summed E-state index contributed by atoms with van der Waals surface area (Å²) in [4.78, 5) is 11.6. The molecule has 1 aliphatic carbocycles. The van der Waals surface area contributed by atoms with E-state index >= 15 is 0 Å². The van der Waals surface area contributed by atoms with Crippen LogP contribution in [0.2, 0.25) is 0 Å². The number of amides is 1. The van der Waals surface area contributed by atoms with Crippen LogP contribution in [0.1, 0.15) is 19.8 Å². The Balaban J connectivity index is 0.000000980. The first kappa shape index (κ1) is 12.1. The fraction of sp³-hybridized carbons (Fsp3) is 0.889. The van der Waals surface area contributed by atoms with Gasteiger partial charge in [-0.3, -0.25) is 10.1 Å². The number of hydrogen-bond donors (Lipinski definition) is 2. The highest BCUT2D eigenvalue weighted by atomic mass is 35.5. The Morgan fingerprint density at radius 1 is 1.50 bits per heavy atom. The van der Waals surface area contributed by atoms with Crippen LogP contribution in [-0.2, 0) is 4.79 Å². The van der Waals surface area contributed by atoms with Crippen LogP contribution >= 0.6 is 24.2 Å². The topological polar surface area (TPSA) is 41.1 Å². The first-order valence-corrected chi connectivity index (χ1v) is 6.02. The number of carbonyl (C=O) groups is 1. The van der Waals surface area contributed by atoms with Crippen LogP contribution in [0, 0.1) is 5.92 Å². The predicted molar refractivity (Wildman–Crippen MR) is 61.8 cm³/mol. The van der Waals surface area contributed by atoms with Gasteiger partial charge in [-0.15, -0.1) is 24.2 Å². The van der Waals surface area contributed by atoms with Crippen molar-refractivity contribution in [3.05, 3.63) is 0 Å². The van der Waals surface area contributed by atoms with E-state index in [2.05, 4.69) is 17.6 Å². The molecule has 14 heavy (non-hydrogen) atoms. The Hall–Kier alpha value is 0.0700. The normalized spacial score (nSPS) is 35.6. The van der Waals surface area contributed by atoms with Crippen molar-refractivity contribution in [3.63, 3.8) is 0 Å². The Bertz CT molecular complexity index is 203. The maximum Gasteiger partial charge on any atom is 0.238 e. The van der Waals surface area contributed by atoms with E-state index in [1.807, 2.05) is 0 Å². The molecule has 3 nitrogen and oxygen atoms in total. The lowest BCUT2D eigenvalue weighted by Gasteiger charge is -2.33. The second kappa shape index (κ2) is 5.24. The zero-order chi connectivity index (χ0) is 9.26. The van der Waals surface area contributed by atoms with Gasteiger partial charge in [0.05, 0.1) is 6.04 Å². The Labute approximate surface area is 95.2 Å². The molecule has 1 saturated carbocycles. The monoisotopic (exact) mass is 236 g/mol. The van der Waals surface area contributed by atoms with Crippen LogP contribution in [-0.4, -0.2) is 29.6 Å². The van der Waals surface area contributed by atoms with Gasteiger partial charge in [-0.25, -0.2) is 0 Å². The first-order valence-electron chi connectivity index (χ1n) is 4.87. The largest absolute Gasteiger partial charge is 0.352 e. The molecule has 0 aromatic heterocycles. The van der Waals surface area contributed by atoms with Crippen LogP contribution < -0.4 is 10.6 Å². The van der Waals surface area contributed by atoms with Crippen molar-refractivity contribution in [2.24, 2.45) is 5.92 Å². The molecule has 0 unspecified atom stereocenters. The number of carbonyl (C=O) groups excluding carboxylic acids is 1. The smallest absolute Gasteiger partial charge is 0.238 e. The Morgan fingerprint density at radius 3 is 2.71 bits per heavy atom. The highest BCUT2D eigenvalue weighted by Crippen LogP contribution is 2.26. The highest BCUT2D eigenvalue weighted by Gasteiger charge is 2.30. The summed E-state index contributed by atoms with van der Waals surface area (Å²) in [6.45, 7) is 2.23. The number of thioether (sulfide) groups is 1. The molecule has 0 radical (unpaired) electrons. The summed E-state index contributed by atoms with van der Waals surface area (Å²) in [7, 11) is 0. The second-order valence-corrected chi connectivity index (χ2v) is 5.08. The minimum Gasteiger partial charge on any atom is -0.352 e. The van der Waals surface area contributed by atoms with E-state index in [1.165, 1.54) is 0 Å². The van der Waals surface area contributed by atoms with E-state index in [0.717, 1.165) is 30.4 Å². The van der Waals surface area contributed by atoms with Crippen molar-refractivity contribution in [3.8, 4) is 0 Å². The van der Waals surface area contributed by atoms with Crippen LogP contribution in [0.15, 0.2) is 0 Å². The SMILES string of the molecule is CC1CC(NC(=O)[C@H]2CSCN2)C1.Cl. The molecule has 1 saturated heterocycles. The zero-order valence-corrected chi connectivity index (χ0v) is 9.92. The number of rotatable bonds is 2. The van der Waals surface area contributed by atoms with E-state index in [9.17, 15) is 4.79 Å². The molecule has 82 valence electrons. The molecule has 2 N–H and O–H groups in total. The van der Waals surface area contributed by atoms with Crippen molar-refractivity contribution in [2.45, 2.75) is 31.8 Å². The quantitative estimate of drug-likeness (QED) is 0.751. The van der Waals surface area contributed by atoms with Gasteiger partial charge in [-0.2, -0.15) is 0 Å². The second-order valence-electron chi connectivity index (χ2n) is 4.05. The van der Waals surface area contributed by atoms with E-state index in [4.69, 9.17) is 0 Å². The van der Waals surface area contributed by atoms with Gasteiger partial charge >= 0.3 is 0 Å². The Kier molecular flexibility index (Phi) is 4.54. The minimum atomic E-state index is 0. The molecule has 2 rings (SSSR count). The lowest BCUT2D eigenvalue weighted by molar-refractivity contribution is -0.123. The van der Waals surface area contributed by atoms with Crippen molar-refractivity contribution in [2.75, 3.05) is 11.6 Å². The average molecular weight is 237 g/mol. The van der Waals surface area contributed by atoms with Crippen molar-refractivity contribution < 1.29 is 4.79 Å². The maximum absolute atomic E-state index is 11.6. The van der Waals surface area contributed by atoms with Gasteiger partial charge in [0.15, 0.2) is 0 Å². The lowest BCUT2D eigenvalue weighted by Crippen LogP contribution is -2.50. The summed E-state index contributed by atoms with van der Waals surface area (Å²) in [5, 5.41) is 6.25. The third-order valence-electron chi connectivity index (χ3n) is 2.75. The fourth-order valence-electron chi connectivity index (χ4n) is 1.89. The van der Waals surface area contributed by atoms with Crippen LogP contribution in [0.4, 0.5) is 0 Å². The summed E-state index contributed by atoms with van der Waals surface area (Å²) in [6.07, 6.45) is 2.32. The minimum absolute atomic E-state index is 0. The first-order chi connectivity index (χ1) is 6.25. The van der Waals surface area contributed by atoms with Crippen molar-refractivity contribution in [1.82, 2.24) is 10.6 Å². The van der Waals surface area contributed by atoms with Crippen molar-refractivity contribution >= 4 is 30.1 Å². The van der Waals surface area contributed by atoms with Gasteiger partial charge in [-0.1, -0.05) is 6.92 Å². The Morgan fingerprint density at radius 2 is 2.21 bits per heavy atom.